The van der Waals surface area contributed by atoms with Gasteiger partial charge >= 0.3 is 0 Å². The highest BCUT2D eigenvalue weighted by Gasteiger charge is 2.39. The zero-order valence-electron chi connectivity index (χ0n) is 19.2. The number of nitrogens with zero attached hydrogens (tertiary/aromatic N) is 1. The van der Waals surface area contributed by atoms with E-state index in [2.05, 4.69) is 71.2 Å². The van der Waals surface area contributed by atoms with Gasteiger partial charge in [0.1, 0.15) is 5.92 Å². The number of nitrogens with one attached hydrogen (secondary N) is 1. The predicted octanol–water partition coefficient (Wildman–Crippen LogP) is 4.85. The van der Waals surface area contributed by atoms with Crippen LogP contribution in [0.15, 0.2) is 96.1 Å². The number of hydrogen-bond donors (Lipinski definition) is 3. The number of rotatable bonds is 5. The van der Waals surface area contributed by atoms with E-state index in [9.17, 15) is 9.59 Å². The molecule has 0 aromatic heterocycles. The van der Waals surface area contributed by atoms with Gasteiger partial charge in [0.05, 0.1) is 18.9 Å². The van der Waals surface area contributed by atoms with Gasteiger partial charge in [-0.2, -0.15) is 0 Å². The molecule has 0 aliphatic carbocycles. The fourth-order valence-corrected chi connectivity index (χ4v) is 1.94. The summed E-state index contributed by atoms with van der Waals surface area (Å²) in [6.45, 7) is 31.8. The van der Waals surface area contributed by atoms with Crippen LogP contribution in [-0.2, 0) is 9.59 Å². The van der Waals surface area contributed by atoms with Gasteiger partial charge in [0, 0.05) is 0 Å². The fraction of sp³-hybridized carbons (Fsp3) is 0.280. The smallest absolute Gasteiger partial charge is 0.258 e. The highest BCUT2D eigenvalue weighted by atomic mass is 16.3. The van der Waals surface area contributed by atoms with Gasteiger partial charge in [-0.3, -0.25) is 15.0 Å². The lowest BCUT2D eigenvalue weighted by atomic mass is 10.0. The number of hydrazine groups is 1. The molecule has 1 fully saturated rings. The number of anilines is 1. The average Bonchev–Trinajstić information content (AvgIpc) is 3.17. The molecule has 1 atom stereocenters. The molecule has 0 spiro atoms. The first kappa shape index (κ1) is 38.4. The van der Waals surface area contributed by atoms with Crippen LogP contribution >= 0.6 is 0 Å². The molecule has 31 heavy (non-hydrogen) atoms. The molecule has 1 aromatic carbocycles. The lowest BCUT2D eigenvalue weighted by Gasteiger charge is -2.14. The van der Waals surface area contributed by atoms with Gasteiger partial charge in [-0.1, -0.05) is 38.0 Å². The van der Waals surface area contributed by atoms with Gasteiger partial charge in [0.2, 0.25) is 0 Å². The molecule has 1 aromatic rings. The molecule has 2 amide bonds. The maximum absolute atomic E-state index is 12.1. The predicted molar refractivity (Wildman–Crippen MR) is 136 cm³/mol. The normalized spacial score (nSPS) is 12.4. The number of aliphatic hydroxyl groups is 2. The Labute approximate surface area is 189 Å². The van der Waals surface area contributed by atoms with Crippen molar-refractivity contribution in [2.24, 2.45) is 5.92 Å². The number of benzene rings is 1. The number of aliphatic hydroxyl groups excluding tert-OH is 2. The zero-order chi connectivity index (χ0) is 25.7. The number of amides is 2. The zero-order valence-corrected chi connectivity index (χ0v) is 19.2. The molecule has 1 aliphatic heterocycles. The molecule has 2 rings (SSSR count). The molecular weight excluding hydrogens is 392 g/mol. The molecule has 6 nitrogen and oxygen atoms in total. The summed E-state index contributed by atoms with van der Waals surface area (Å²) in [4.78, 5) is 23.8. The van der Waals surface area contributed by atoms with E-state index in [4.69, 9.17) is 10.2 Å². The molecule has 1 heterocycles. The largest absolute Gasteiger partial charge is 0.394 e. The van der Waals surface area contributed by atoms with E-state index >= 15 is 0 Å². The van der Waals surface area contributed by atoms with E-state index in [1.165, 1.54) is 5.01 Å². The lowest BCUT2D eigenvalue weighted by Crippen LogP contribution is -2.35. The molecule has 6 heteroatoms. The fourth-order valence-electron chi connectivity index (χ4n) is 1.94. The van der Waals surface area contributed by atoms with Gasteiger partial charge in [-0.05, 0) is 18.6 Å². The van der Waals surface area contributed by atoms with Crippen LogP contribution < -0.4 is 10.4 Å². The van der Waals surface area contributed by atoms with Crippen molar-refractivity contribution in [2.75, 3.05) is 18.2 Å². The quantitative estimate of drug-likeness (QED) is 0.456. The van der Waals surface area contributed by atoms with Crippen LogP contribution in [0.1, 0.15) is 26.2 Å². The Morgan fingerprint density at radius 2 is 1.26 bits per heavy atom. The van der Waals surface area contributed by atoms with Crippen LogP contribution in [0.3, 0.4) is 0 Å². The van der Waals surface area contributed by atoms with Crippen LogP contribution in [0.2, 0.25) is 0 Å². The first-order valence-electron chi connectivity index (χ1n) is 9.56. The molecule has 1 unspecified atom stereocenters. The third kappa shape index (κ3) is 18.5. The van der Waals surface area contributed by atoms with E-state index in [0.717, 1.165) is 12.8 Å². The van der Waals surface area contributed by atoms with Crippen LogP contribution in [-0.4, -0.2) is 35.2 Å². The summed E-state index contributed by atoms with van der Waals surface area (Å²) in [7, 11) is 0. The molecule has 1 saturated heterocycles. The van der Waals surface area contributed by atoms with Crippen molar-refractivity contribution in [1.82, 2.24) is 5.43 Å². The Kier molecular flexibility index (Phi) is 42.5. The molecule has 0 radical (unpaired) electrons. The Balaban J connectivity index is -0.000000136. The first-order chi connectivity index (χ1) is 15.2. The van der Waals surface area contributed by atoms with Crippen molar-refractivity contribution in [1.29, 1.82) is 0 Å². The van der Waals surface area contributed by atoms with Gasteiger partial charge in [0.25, 0.3) is 11.8 Å². The van der Waals surface area contributed by atoms with Crippen molar-refractivity contribution in [3.05, 3.63) is 96.1 Å². The highest BCUT2D eigenvalue weighted by molar-refractivity contribution is 6.14. The summed E-state index contributed by atoms with van der Waals surface area (Å²) in [6, 6.07) is 9.17. The standard InChI is InChI=1S/C13H16N2O2.C2H6O2.5C2H4/c1-2-3-9-11-12(16)14-15(13(11)17)10-7-5-4-6-8-10;3-1-2-4;5*1-2/h4-8,11H,2-3,9H2,1H3,(H,14,16);3-4H,1-2H2;5*1-2H2. The van der Waals surface area contributed by atoms with Gasteiger partial charge in [-0.25, -0.2) is 5.01 Å². The van der Waals surface area contributed by atoms with Crippen molar-refractivity contribution < 1.29 is 19.8 Å². The van der Waals surface area contributed by atoms with Gasteiger partial charge in [-0.15, -0.1) is 65.8 Å². The summed E-state index contributed by atoms with van der Waals surface area (Å²) in [5.74, 6) is -0.850. The van der Waals surface area contributed by atoms with Crippen LogP contribution in [0.25, 0.3) is 0 Å². The molecule has 0 saturated carbocycles. The summed E-state index contributed by atoms with van der Waals surface area (Å²) in [6.07, 6.45) is 2.51. The minimum Gasteiger partial charge on any atom is -0.394 e. The number of unbranched alkanes of at least 4 members (excludes halogenated alkanes) is 1. The SMILES string of the molecule is C=C.C=C.C=C.C=C.C=C.CCCCC1C(=O)NN(c2ccccc2)C1=O.OCCO. The summed E-state index contributed by atoms with van der Waals surface area (Å²) >= 11 is 0. The summed E-state index contributed by atoms with van der Waals surface area (Å²) in [5.41, 5.74) is 3.34. The second-order valence-electron chi connectivity index (χ2n) is 4.63. The Morgan fingerprint density at radius 3 is 1.61 bits per heavy atom. The van der Waals surface area contributed by atoms with Crippen LogP contribution in [0, 0.1) is 5.92 Å². The topological polar surface area (TPSA) is 89.9 Å². The molecule has 1 aliphatic rings. The highest BCUT2D eigenvalue weighted by Crippen LogP contribution is 2.22. The third-order valence-electron chi connectivity index (χ3n) is 3.02. The molecular formula is C25H42N2O4. The number of hydrogen-bond acceptors (Lipinski definition) is 4. The van der Waals surface area contributed by atoms with E-state index in [0.29, 0.717) is 12.1 Å². The van der Waals surface area contributed by atoms with E-state index in [-0.39, 0.29) is 25.0 Å². The van der Waals surface area contributed by atoms with Gasteiger partial charge in [0.15, 0.2) is 0 Å². The number of carbonyl (C=O) groups is 2. The number of carbonyl (C=O) groups excluding carboxylic acids is 2. The van der Waals surface area contributed by atoms with E-state index in [1.807, 2.05) is 25.1 Å². The van der Waals surface area contributed by atoms with Crippen molar-refractivity contribution >= 4 is 17.5 Å². The molecule has 3 N–H and O–H groups in total. The first-order valence-corrected chi connectivity index (χ1v) is 9.56. The van der Waals surface area contributed by atoms with Crippen LogP contribution in [0.4, 0.5) is 5.69 Å². The van der Waals surface area contributed by atoms with Gasteiger partial charge < -0.3 is 10.2 Å². The lowest BCUT2D eigenvalue weighted by molar-refractivity contribution is -0.127. The Hall–Kier alpha value is -3.22. The monoisotopic (exact) mass is 434 g/mol. The van der Waals surface area contributed by atoms with Crippen molar-refractivity contribution in [2.45, 2.75) is 26.2 Å². The third-order valence-corrected chi connectivity index (χ3v) is 3.02. The summed E-state index contributed by atoms with van der Waals surface area (Å²) < 4.78 is 0. The Bertz CT molecular complexity index is 510. The average molecular weight is 435 g/mol. The molecule has 0 bridgehead atoms. The second kappa shape index (κ2) is 34.3. The minimum atomic E-state index is -0.518. The second-order valence-corrected chi connectivity index (χ2v) is 4.63. The maximum Gasteiger partial charge on any atom is 0.258 e. The van der Waals surface area contributed by atoms with E-state index in [1.54, 1.807) is 12.1 Å². The van der Waals surface area contributed by atoms with Crippen LogP contribution in [0.5, 0.6) is 0 Å². The molecule has 176 valence electrons. The summed E-state index contributed by atoms with van der Waals surface area (Å²) in [5, 5.41) is 16.6. The van der Waals surface area contributed by atoms with Crippen molar-refractivity contribution in [3.8, 4) is 0 Å². The minimum absolute atomic E-state index is 0.125. The van der Waals surface area contributed by atoms with E-state index < -0.39 is 5.92 Å². The Morgan fingerprint density at radius 1 is 0.839 bits per heavy atom. The maximum atomic E-state index is 12.1. The van der Waals surface area contributed by atoms with Crippen molar-refractivity contribution in [3.63, 3.8) is 0 Å². The number of para-hydroxylation sites is 1.